The number of halogens is 2. The van der Waals surface area contributed by atoms with E-state index in [4.69, 9.17) is 10.00 Å². The first-order chi connectivity index (χ1) is 8.69. The van der Waals surface area contributed by atoms with Crippen LogP contribution in [0.2, 0.25) is 0 Å². The van der Waals surface area contributed by atoms with Gasteiger partial charge in [0, 0.05) is 18.5 Å². The highest BCUT2D eigenvalue weighted by Gasteiger charge is 2.24. The van der Waals surface area contributed by atoms with Crippen LogP contribution in [0.4, 0.5) is 8.78 Å². The summed E-state index contributed by atoms with van der Waals surface area (Å²) in [5, 5.41) is 12.1. The third-order valence-electron chi connectivity index (χ3n) is 2.74. The maximum Gasteiger partial charge on any atom is 0.162 e. The summed E-state index contributed by atoms with van der Waals surface area (Å²) in [4.78, 5) is 0. The minimum Gasteiger partial charge on any atom is -0.493 e. The highest BCUT2D eigenvalue weighted by Crippen LogP contribution is 2.20. The molecule has 1 saturated carbocycles. The van der Waals surface area contributed by atoms with E-state index in [0.29, 0.717) is 19.1 Å². The van der Waals surface area contributed by atoms with Crippen molar-refractivity contribution in [2.45, 2.75) is 31.3 Å². The lowest BCUT2D eigenvalue weighted by Crippen LogP contribution is -2.31. The molecule has 96 valence electrons. The molecule has 0 aromatic heterocycles. The van der Waals surface area contributed by atoms with Gasteiger partial charge >= 0.3 is 0 Å². The average molecular weight is 252 g/mol. The fourth-order valence-corrected chi connectivity index (χ4v) is 1.58. The molecule has 1 aromatic carbocycles. The standard InChI is InChI=1S/C13H14F2N2O/c14-12-4-3-11(7-13(12)15)18-6-5-10(8-16)17-9-1-2-9/h3-4,7,9-10,17H,1-2,5-6H2. The Morgan fingerprint density at radius 3 is 2.78 bits per heavy atom. The molecule has 1 fully saturated rings. The van der Waals surface area contributed by atoms with Crippen LogP contribution in [0.25, 0.3) is 0 Å². The van der Waals surface area contributed by atoms with E-state index in [1.165, 1.54) is 6.07 Å². The Kier molecular flexibility index (Phi) is 4.11. The molecule has 0 radical (unpaired) electrons. The first-order valence-electron chi connectivity index (χ1n) is 5.92. The molecular formula is C13H14F2N2O. The summed E-state index contributed by atoms with van der Waals surface area (Å²) in [6, 6.07) is 5.76. The van der Waals surface area contributed by atoms with E-state index in [2.05, 4.69) is 11.4 Å². The van der Waals surface area contributed by atoms with Gasteiger partial charge in [0.1, 0.15) is 5.75 Å². The number of nitrogens with one attached hydrogen (secondary N) is 1. The number of hydrogen-bond donors (Lipinski definition) is 1. The molecule has 1 aromatic rings. The molecule has 1 unspecified atom stereocenters. The van der Waals surface area contributed by atoms with Crippen LogP contribution >= 0.6 is 0 Å². The van der Waals surface area contributed by atoms with Crippen molar-refractivity contribution in [2.75, 3.05) is 6.61 Å². The lowest BCUT2D eigenvalue weighted by Gasteiger charge is -2.11. The lowest BCUT2D eigenvalue weighted by molar-refractivity contribution is 0.295. The third kappa shape index (κ3) is 3.67. The van der Waals surface area contributed by atoms with Crippen LogP contribution in [0.3, 0.4) is 0 Å². The van der Waals surface area contributed by atoms with E-state index in [1.54, 1.807) is 0 Å². The quantitative estimate of drug-likeness (QED) is 0.845. The monoisotopic (exact) mass is 252 g/mol. The van der Waals surface area contributed by atoms with Crippen molar-refractivity contribution in [3.8, 4) is 11.8 Å². The van der Waals surface area contributed by atoms with Crippen molar-refractivity contribution in [3.63, 3.8) is 0 Å². The summed E-state index contributed by atoms with van der Waals surface area (Å²) in [6.45, 7) is 0.295. The maximum absolute atomic E-state index is 12.9. The van der Waals surface area contributed by atoms with Gasteiger partial charge in [-0.1, -0.05) is 0 Å². The minimum atomic E-state index is -0.930. The van der Waals surface area contributed by atoms with Gasteiger partial charge in [-0.2, -0.15) is 5.26 Å². The molecule has 0 heterocycles. The molecule has 1 aliphatic carbocycles. The number of rotatable bonds is 6. The van der Waals surface area contributed by atoms with E-state index in [-0.39, 0.29) is 11.8 Å². The highest BCUT2D eigenvalue weighted by atomic mass is 19.2. The smallest absolute Gasteiger partial charge is 0.162 e. The van der Waals surface area contributed by atoms with Gasteiger partial charge in [-0.05, 0) is 25.0 Å². The maximum atomic E-state index is 12.9. The number of benzene rings is 1. The normalized spacial score (nSPS) is 16.1. The molecule has 3 nitrogen and oxygen atoms in total. The summed E-state index contributed by atoms with van der Waals surface area (Å²) in [5.74, 6) is -1.55. The number of nitrogens with zero attached hydrogens (tertiary/aromatic N) is 1. The third-order valence-corrected chi connectivity index (χ3v) is 2.74. The van der Waals surface area contributed by atoms with Gasteiger partial charge in [0.05, 0.1) is 18.7 Å². The SMILES string of the molecule is N#CC(CCOc1ccc(F)c(F)c1)NC1CC1. The molecule has 0 spiro atoms. The second kappa shape index (κ2) is 5.78. The minimum absolute atomic E-state index is 0.247. The van der Waals surface area contributed by atoms with Crippen LogP contribution in [-0.4, -0.2) is 18.7 Å². The Labute approximate surface area is 104 Å². The van der Waals surface area contributed by atoms with E-state index in [1.807, 2.05) is 0 Å². The van der Waals surface area contributed by atoms with Crippen molar-refractivity contribution >= 4 is 0 Å². The fraction of sp³-hybridized carbons (Fsp3) is 0.462. The van der Waals surface area contributed by atoms with Crippen LogP contribution in [0.5, 0.6) is 5.75 Å². The second-order valence-corrected chi connectivity index (χ2v) is 4.34. The first kappa shape index (κ1) is 12.8. The predicted octanol–water partition coefficient (Wildman–Crippen LogP) is 2.38. The fourth-order valence-electron chi connectivity index (χ4n) is 1.58. The van der Waals surface area contributed by atoms with Crippen molar-refractivity contribution in [1.29, 1.82) is 5.26 Å². The predicted molar refractivity (Wildman–Crippen MR) is 62.0 cm³/mol. The summed E-state index contributed by atoms with van der Waals surface area (Å²) < 4.78 is 30.8. The zero-order valence-electron chi connectivity index (χ0n) is 9.83. The number of nitriles is 1. The van der Waals surface area contributed by atoms with Crippen molar-refractivity contribution in [2.24, 2.45) is 0 Å². The molecular weight excluding hydrogens is 238 g/mol. The van der Waals surface area contributed by atoms with Gasteiger partial charge in [-0.3, -0.25) is 5.32 Å². The van der Waals surface area contributed by atoms with E-state index >= 15 is 0 Å². The summed E-state index contributed by atoms with van der Waals surface area (Å²) >= 11 is 0. The first-order valence-corrected chi connectivity index (χ1v) is 5.92. The van der Waals surface area contributed by atoms with Crippen LogP contribution in [0.1, 0.15) is 19.3 Å². The zero-order valence-corrected chi connectivity index (χ0v) is 9.83. The van der Waals surface area contributed by atoms with Crippen molar-refractivity contribution in [1.82, 2.24) is 5.32 Å². The topological polar surface area (TPSA) is 45.0 Å². The van der Waals surface area contributed by atoms with E-state index in [9.17, 15) is 8.78 Å². The van der Waals surface area contributed by atoms with E-state index < -0.39 is 11.6 Å². The van der Waals surface area contributed by atoms with E-state index in [0.717, 1.165) is 25.0 Å². The molecule has 0 aliphatic heterocycles. The average Bonchev–Trinajstić information content (AvgIpc) is 3.16. The Hall–Kier alpha value is -1.67. The Balaban J connectivity index is 1.76. The van der Waals surface area contributed by atoms with Gasteiger partial charge in [0.15, 0.2) is 11.6 Å². The van der Waals surface area contributed by atoms with Crippen LogP contribution in [0, 0.1) is 23.0 Å². The zero-order chi connectivity index (χ0) is 13.0. The molecule has 18 heavy (non-hydrogen) atoms. The van der Waals surface area contributed by atoms with Crippen LogP contribution < -0.4 is 10.1 Å². The summed E-state index contributed by atoms with van der Waals surface area (Å²) in [7, 11) is 0. The van der Waals surface area contributed by atoms with Crippen LogP contribution in [0.15, 0.2) is 18.2 Å². The molecule has 0 amide bonds. The molecule has 1 atom stereocenters. The van der Waals surface area contributed by atoms with Crippen molar-refractivity contribution in [3.05, 3.63) is 29.8 Å². The largest absolute Gasteiger partial charge is 0.493 e. The highest BCUT2D eigenvalue weighted by molar-refractivity contribution is 5.23. The van der Waals surface area contributed by atoms with Crippen molar-refractivity contribution < 1.29 is 13.5 Å². The molecule has 0 saturated heterocycles. The summed E-state index contributed by atoms with van der Waals surface area (Å²) in [5.41, 5.74) is 0. The Morgan fingerprint density at radius 2 is 2.17 bits per heavy atom. The second-order valence-electron chi connectivity index (χ2n) is 4.34. The molecule has 2 rings (SSSR count). The van der Waals surface area contributed by atoms with Gasteiger partial charge < -0.3 is 4.74 Å². The molecule has 1 N–H and O–H groups in total. The number of ether oxygens (including phenoxy) is 1. The van der Waals surface area contributed by atoms with Gasteiger partial charge in [-0.15, -0.1) is 0 Å². The van der Waals surface area contributed by atoms with Crippen LogP contribution in [-0.2, 0) is 0 Å². The number of hydrogen-bond acceptors (Lipinski definition) is 3. The molecule has 5 heteroatoms. The molecule has 1 aliphatic rings. The molecule has 0 bridgehead atoms. The van der Waals surface area contributed by atoms with Gasteiger partial charge in [0.25, 0.3) is 0 Å². The Morgan fingerprint density at radius 1 is 1.39 bits per heavy atom. The van der Waals surface area contributed by atoms with Gasteiger partial charge in [0.2, 0.25) is 0 Å². The summed E-state index contributed by atoms with van der Waals surface area (Å²) in [6.07, 6.45) is 2.75. The Bertz CT molecular complexity index is 455. The van der Waals surface area contributed by atoms with Gasteiger partial charge in [-0.25, -0.2) is 8.78 Å². The lowest BCUT2D eigenvalue weighted by atomic mass is 10.2.